The summed E-state index contributed by atoms with van der Waals surface area (Å²) in [6.45, 7) is 7.64. The largest absolute Gasteiger partial charge is 0.368 e. The SMILES string of the molecule is C#CC(Nc1ccc([N+](=O)[O-])cc1C)c1ccc(CNCc2cc(C)cc(C)c2)cc1. The van der Waals surface area contributed by atoms with E-state index in [1.165, 1.54) is 28.3 Å². The molecule has 0 bridgehead atoms. The van der Waals surface area contributed by atoms with Gasteiger partial charge in [-0.05, 0) is 49.1 Å². The van der Waals surface area contributed by atoms with Crippen LogP contribution in [0.4, 0.5) is 11.4 Å². The zero-order valence-corrected chi connectivity index (χ0v) is 18.1. The predicted molar refractivity (Wildman–Crippen MR) is 126 cm³/mol. The molecule has 158 valence electrons. The summed E-state index contributed by atoms with van der Waals surface area (Å²) >= 11 is 0. The molecule has 3 rings (SSSR count). The molecule has 1 unspecified atom stereocenters. The zero-order chi connectivity index (χ0) is 22.4. The van der Waals surface area contributed by atoms with Crippen molar-refractivity contribution in [2.24, 2.45) is 0 Å². The van der Waals surface area contributed by atoms with Gasteiger partial charge in [-0.1, -0.05) is 59.5 Å². The fourth-order valence-corrected chi connectivity index (χ4v) is 3.65. The van der Waals surface area contributed by atoms with E-state index >= 15 is 0 Å². The molecule has 0 spiro atoms. The second-order valence-electron chi connectivity index (χ2n) is 7.84. The topological polar surface area (TPSA) is 67.2 Å². The Morgan fingerprint density at radius 3 is 2.16 bits per heavy atom. The van der Waals surface area contributed by atoms with Gasteiger partial charge in [0, 0.05) is 30.9 Å². The monoisotopic (exact) mass is 413 g/mol. The van der Waals surface area contributed by atoms with Gasteiger partial charge in [0.2, 0.25) is 0 Å². The van der Waals surface area contributed by atoms with Gasteiger partial charge < -0.3 is 10.6 Å². The van der Waals surface area contributed by atoms with Crippen LogP contribution in [0.1, 0.15) is 39.4 Å². The normalized spacial score (nSPS) is 11.5. The van der Waals surface area contributed by atoms with E-state index in [9.17, 15) is 10.1 Å². The van der Waals surface area contributed by atoms with Crippen molar-refractivity contribution in [1.29, 1.82) is 0 Å². The zero-order valence-electron chi connectivity index (χ0n) is 18.1. The Hall–Kier alpha value is -3.62. The molecular weight excluding hydrogens is 386 g/mol. The van der Waals surface area contributed by atoms with Crippen molar-refractivity contribution in [3.05, 3.63) is 104 Å². The molecular formula is C26H27N3O2. The maximum absolute atomic E-state index is 10.9. The lowest BCUT2D eigenvalue weighted by atomic mass is 10.0. The summed E-state index contributed by atoms with van der Waals surface area (Å²) in [6.07, 6.45) is 5.75. The van der Waals surface area contributed by atoms with Crippen LogP contribution in [0, 0.1) is 43.2 Å². The molecule has 0 aliphatic carbocycles. The minimum Gasteiger partial charge on any atom is -0.368 e. The predicted octanol–water partition coefficient (Wildman–Crippen LogP) is 5.60. The van der Waals surface area contributed by atoms with E-state index < -0.39 is 4.92 Å². The molecule has 2 N–H and O–H groups in total. The summed E-state index contributed by atoms with van der Waals surface area (Å²) in [6, 6.07) is 19.2. The van der Waals surface area contributed by atoms with Crippen molar-refractivity contribution in [2.75, 3.05) is 5.32 Å². The van der Waals surface area contributed by atoms with E-state index in [4.69, 9.17) is 6.42 Å². The van der Waals surface area contributed by atoms with Gasteiger partial charge in [0.05, 0.1) is 4.92 Å². The summed E-state index contributed by atoms with van der Waals surface area (Å²) in [5.74, 6) is 2.77. The van der Waals surface area contributed by atoms with Crippen LogP contribution in [0.25, 0.3) is 0 Å². The van der Waals surface area contributed by atoms with Gasteiger partial charge in [-0.25, -0.2) is 0 Å². The number of hydrogen-bond donors (Lipinski definition) is 2. The van der Waals surface area contributed by atoms with Crippen molar-refractivity contribution in [2.45, 2.75) is 39.9 Å². The van der Waals surface area contributed by atoms with Crippen LogP contribution in [-0.4, -0.2) is 4.92 Å². The van der Waals surface area contributed by atoms with Crippen LogP contribution in [0.15, 0.2) is 60.7 Å². The van der Waals surface area contributed by atoms with Crippen LogP contribution in [0.5, 0.6) is 0 Å². The van der Waals surface area contributed by atoms with E-state index in [0.717, 1.165) is 29.9 Å². The number of nitrogens with one attached hydrogen (secondary N) is 2. The quantitative estimate of drug-likeness (QED) is 0.287. The van der Waals surface area contributed by atoms with Gasteiger partial charge in [0.1, 0.15) is 6.04 Å². The molecule has 0 aromatic heterocycles. The number of non-ortho nitro benzene ring substituents is 1. The number of hydrogen-bond acceptors (Lipinski definition) is 4. The van der Waals surface area contributed by atoms with E-state index in [2.05, 4.69) is 60.7 Å². The van der Waals surface area contributed by atoms with Crippen molar-refractivity contribution >= 4 is 11.4 Å². The van der Waals surface area contributed by atoms with Crippen molar-refractivity contribution in [3.8, 4) is 12.3 Å². The van der Waals surface area contributed by atoms with Gasteiger partial charge in [0.25, 0.3) is 5.69 Å². The van der Waals surface area contributed by atoms with Crippen molar-refractivity contribution < 1.29 is 4.92 Å². The fraction of sp³-hybridized carbons (Fsp3) is 0.231. The first-order valence-electron chi connectivity index (χ1n) is 10.2. The molecule has 0 aliphatic rings. The summed E-state index contributed by atoms with van der Waals surface area (Å²) in [5, 5.41) is 17.7. The first kappa shape index (κ1) is 22.1. The number of anilines is 1. The van der Waals surface area contributed by atoms with Crippen LogP contribution >= 0.6 is 0 Å². The molecule has 0 heterocycles. The molecule has 0 aliphatic heterocycles. The highest BCUT2D eigenvalue weighted by Gasteiger charge is 2.12. The van der Waals surface area contributed by atoms with Gasteiger partial charge in [-0.15, -0.1) is 6.42 Å². The van der Waals surface area contributed by atoms with Gasteiger partial charge >= 0.3 is 0 Å². The Kier molecular flexibility index (Phi) is 7.07. The first-order chi connectivity index (χ1) is 14.9. The molecule has 1 atom stereocenters. The summed E-state index contributed by atoms with van der Waals surface area (Å²) in [4.78, 5) is 10.5. The molecule has 3 aromatic carbocycles. The molecule has 0 radical (unpaired) electrons. The van der Waals surface area contributed by atoms with Crippen LogP contribution < -0.4 is 10.6 Å². The second kappa shape index (κ2) is 9.92. The minimum absolute atomic E-state index is 0.0676. The maximum Gasteiger partial charge on any atom is 0.269 e. The number of nitrogens with zero attached hydrogens (tertiary/aromatic N) is 1. The third-order valence-electron chi connectivity index (χ3n) is 5.14. The highest BCUT2D eigenvalue weighted by molar-refractivity contribution is 5.57. The summed E-state index contributed by atoms with van der Waals surface area (Å²) in [5.41, 5.74) is 7.61. The summed E-state index contributed by atoms with van der Waals surface area (Å²) in [7, 11) is 0. The highest BCUT2D eigenvalue weighted by Crippen LogP contribution is 2.25. The Balaban J connectivity index is 1.61. The Labute approximate surface area is 183 Å². The average Bonchev–Trinajstić information content (AvgIpc) is 2.73. The van der Waals surface area contributed by atoms with E-state index in [-0.39, 0.29) is 11.7 Å². The first-order valence-corrected chi connectivity index (χ1v) is 10.2. The number of rotatable bonds is 8. The molecule has 0 saturated carbocycles. The Bertz CT molecular complexity index is 1090. The lowest BCUT2D eigenvalue weighted by molar-refractivity contribution is -0.384. The standard InChI is InChI=1S/C26H27N3O2/c1-5-25(28-26-11-10-24(29(30)31)15-20(26)4)23-8-6-21(7-9-23)16-27-17-22-13-18(2)12-19(3)14-22/h1,6-15,25,27-28H,16-17H2,2-4H3. The molecule has 5 nitrogen and oxygen atoms in total. The lowest BCUT2D eigenvalue weighted by Gasteiger charge is -2.17. The third-order valence-corrected chi connectivity index (χ3v) is 5.14. The smallest absolute Gasteiger partial charge is 0.269 e. The Morgan fingerprint density at radius 2 is 1.58 bits per heavy atom. The fourth-order valence-electron chi connectivity index (χ4n) is 3.65. The number of benzene rings is 3. The van der Waals surface area contributed by atoms with Crippen LogP contribution in [-0.2, 0) is 13.1 Å². The Morgan fingerprint density at radius 1 is 0.935 bits per heavy atom. The van der Waals surface area contributed by atoms with Crippen LogP contribution in [0.3, 0.4) is 0 Å². The third kappa shape index (κ3) is 5.94. The van der Waals surface area contributed by atoms with Gasteiger partial charge in [0.15, 0.2) is 0 Å². The number of nitro benzene ring substituents is 1. The molecule has 0 fully saturated rings. The van der Waals surface area contributed by atoms with E-state index in [1.54, 1.807) is 12.1 Å². The number of aryl methyl sites for hydroxylation is 3. The minimum atomic E-state index is -0.400. The van der Waals surface area contributed by atoms with Gasteiger partial charge in [-0.2, -0.15) is 0 Å². The van der Waals surface area contributed by atoms with Crippen molar-refractivity contribution in [3.63, 3.8) is 0 Å². The molecule has 0 saturated heterocycles. The molecule has 31 heavy (non-hydrogen) atoms. The number of terminal acetylenes is 1. The maximum atomic E-state index is 10.9. The molecule has 0 amide bonds. The van der Waals surface area contributed by atoms with Crippen LogP contribution in [0.2, 0.25) is 0 Å². The summed E-state index contributed by atoms with van der Waals surface area (Å²) < 4.78 is 0. The van der Waals surface area contributed by atoms with Gasteiger partial charge in [-0.3, -0.25) is 10.1 Å². The molecule has 3 aromatic rings. The average molecular weight is 414 g/mol. The number of nitro groups is 1. The van der Waals surface area contributed by atoms with Crippen molar-refractivity contribution in [1.82, 2.24) is 5.32 Å². The van der Waals surface area contributed by atoms with E-state index in [1.807, 2.05) is 19.1 Å². The molecule has 5 heteroatoms. The lowest BCUT2D eigenvalue weighted by Crippen LogP contribution is -2.13. The second-order valence-corrected chi connectivity index (χ2v) is 7.84. The van der Waals surface area contributed by atoms with E-state index in [0.29, 0.717) is 0 Å². The highest BCUT2D eigenvalue weighted by atomic mass is 16.6.